The van der Waals surface area contributed by atoms with Crippen LogP contribution in [-0.4, -0.2) is 4.98 Å². The fourth-order valence-electron chi connectivity index (χ4n) is 7.99. The Morgan fingerprint density at radius 1 is 0.431 bits per heavy atom. The van der Waals surface area contributed by atoms with E-state index >= 15 is 0 Å². The van der Waals surface area contributed by atoms with Gasteiger partial charge in [-0.3, -0.25) is 4.98 Å². The van der Waals surface area contributed by atoms with E-state index in [1.54, 1.807) is 0 Å². The normalized spacial score (nSPS) is 11.9. The fraction of sp³-hybridized carbons (Fsp3) is 0. The number of anilines is 3. The van der Waals surface area contributed by atoms with Gasteiger partial charge in [-0.05, 0) is 98.7 Å². The Hall–Kier alpha value is -6.91. The van der Waals surface area contributed by atoms with Crippen LogP contribution in [0.5, 0.6) is 0 Å². The third kappa shape index (κ3) is 4.23. The maximum atomic E-state index is 6.47. The minimum absolute atomic E-state index is 0.798. The van der Waals surface area contributed by atoms with Gasteiger partial charge in [0.25, 0.3) is 0 Å². The molecule has 0 aliphatic heterocycles. The number of aromatic nitrogens is 1. The molecular weight excluding hydrogens is 625 g/mol. The average molecular weight is 653 g/mol. The van der Waals surface area contributed by atoms with Crippen LogP contribution in [0.3, 0.4) is 0 Å². The molecule has 0 saturated heterocycles. The van der Waals surface area contributed by atoms with E-state index in [-0.39, 0.29) is 0 Å². The van der Waals surface area contributed by atoms with Crippen LogP contribution < -0.4 is 4.90 Å². The van der Waals surface area contributed by atoms with Crippen molar-refractivity contribution in [2.24, 2.45) is 0 Å². The summed E-state index contributed by atoms with van der Waals surface area (Å²) in [7, 11) is 0. The highest BCUT2D eigenvalue weighted by atomic mass is 16.3. The molecule has 0 amide bonds. The molecule has 0 atom stereocenters. The van der Waals surface area contributed by atoms with Crippen molar-refractivity contribution in [1.82, 2.24) is 4.98 Å². The van der Waals surface area contributed by atoms with Crippen molar-refractivity contribution in [1.29, 1.82) is 0 Å². The molecule has 0 radical (unpaired) electrons. The van der Waals surface area contributed by atoms with Gasteiger partial charge in [-0.25, -0.2) is 0 Å². The Kier molecular flexibility index (Phi) is 5.92. The Balaban J connectivity index is 1.17. The van der Waals surface area contributed by atoms with Crippen LogP contribution in [0, 0.1) is 0 Å². The van der Waals surface area contributed by atoms with Gasteiger partial charge < -0.3 is 13.7 Å². The predicted molar refractivity (Wildman–Crippen MR) is 211 cm³/mol. The van der Waals surface area contributed by atoms with Crippen molar-refractivity contribution in [2.75, 3.05) is 4.90 Å². The molecular formula is C47H28N2O2. The van der Waals surface area contributed by atoms with Crippen LogP contribution in [0.2, 0.25) is 0 Å². The zero-order valence-corrected chi connectivity index (χ0v) is 27.4. The Morgan fingerprint density at radius 3 is 2.16 bits per heavy atom. The number of rotatable bonds is 4. The summed E-state index contributed by atoms with van der Waals surface area (Å²) in [5.74, 6) is 0. The highest BCUT2D eigenvalue weighted by Gasteiger charge is 2.21. The molecule has 3 aromatic heterocycles. The molecule has 0 fully saturated rings. The molecule has 3 heterocycles. The summed E-state index contributed by atoms with van der Waals surface area (Å²) in [6.07, 6.45) is 1.82. The van der Waals surface area contributed by atoms with Crippen LogP contribution in [0.4, 0.5) is 17.1 Å². The van der Waals surface area contributed by atoms with Gasteiger partial charge in [0.2, 0.25) is 0 Å². The number of benzene rings is 8. The number of nitrogens with zero attached hydrogens (tertiary/aromatic N) is 2. The maximum absolute atomic E-state index is 6.47. The Bertz CT molecular complexity index is 3160. The van der Waals surface area contributed by atoms with Gasteiger partial charge >= 0.3 is 0 Å². The third-order valence-corrected chi connectivity index (χ3v) is 10.3. The van der Waals surface area contributed by atoms with E-state index in [4.69, 9.17) is 8.83 Å². The highest BCUT2D eigenvalue weighted by Crippen LogP contribution is 2.45. The first-order valence-electron chi connectivity index (χ1n) is 17.2. The summed E-state index contributed by atoms with van der Waals surface area (Å²) in [5, 5.41) is 10.2. The lowest BCUT2D eigenvalue weighted by Crippen LogP contribution is -2.10. The maximum Gasteiger partial charge on any atom is 0.153 e. The summed E-state index contributed by atoms with van der Waals surface area (Å²) in [5.41, 5.74) is 9.81. The number of hydrogen-bond donors (Lipinski definition) is 0. The molecule has 11 rings (SSSR count). The van der Waals surface area contributed by atoms with Crippen LogP contribution in [0.15, 0.2) is 179 Å². The van der Waals surface area contributed by atoms with Crippen LogP contribution in [-0.2, 0) is 0 Å². The van der Waals surface area contributed by atoms with E-state index in [0.717, 1.165) is 88.2 Å². The molecule has 51 heavy (non-hydrogen) atoms. The fourth-order valence-corrected chi connectivity index (χ4v) is 7.99. The van der Waals surface area contributed by atoms with Gasteiger partial charge in [0, 0.05) is 33.7 Å². The molecule has 0 spiro atoms. The molecule has 11 aromatic rings. The summed E-state index contributed by atoms with van der Waals surface area (Å²) in [6.45, 7) is 0. The zero-order valence-electron chi connectivity index (χ0n) is 27.4. The van der Waals surface area contributed by atoms with Crippen molar-refractivity contribution >= 4 is 93.4 Å². The molecule has 8 aromatic carbocycles. The minimum atomic E-state index is 0.798. The second-order valence-electron chi connectivity index (χ2n) is 13.1. The lowest BCUT2D eigenvalue weighted by atomic mass is 9.97. The highest BCUT2D eigenvalue weighted by molar-refractivity contribution is 6.23. The van der Waals surface area contributed by atoms with Crippen LogP contribution >= 0.6 is 0 Å². The van der Waals surface area contributed by atoms with Gasteiger partial charge in [0.05, 0.1) is 11.1 Å². The van der Waals surface area contributed by atoms with E-state index in [2.05, 4.69) is 149 Å². The van der Waals surface area contributed by atoms with Crippen molar-refractivity contribution in [3.05, 3.63) is 170 Å². The molecule has 0 N–H and O–H groups in total. The van der Waals surface area contributed by atoms with Crippen LogP contribution in [0.25, 0.3) is 87.5 Å². The third-order valence-electron chi connectivity index (χ3n) is 10.3. The largest absolute Gasteiger partial charge is 0.456 e. The number of para-hydroxylation sites is 1. The van der Waals surface area contributed by atoms with Gasteiger partial charge in [0.15, 0.2) is 5.58 Å². The quantitative estimate of drug-likeness (QED) is 0.177. The molecule has 0 aliphatic carbocycles. The van der Waals surface area contributed by atoms with E-state index in [1.807, 2.05) is 30.5 Å². The molecule has 0 aliphatic rings. The summed E-state index contributed by atoms with van der Waals surface area (Å²) >= 11 is 0. The smallest absolute Gasteiger partial charge is 0.153 e. The second-order valence-corrected chi connectivity index (χ2v) is 13.1. The van der Waals surface area contributed by atoms with Gasteiger partial charge in [-0.1, -0.05) is 103 Å². The molecule has 4 nitrogen and oxygen atoms in total. The molecule has 4 heteroatoms. The van der Waals surface area contributed by atoms with Crippen molar-refractivity contribution in [2.45, 2.75) is 0 Å². The summed E-state index contributed by atoms with van der Waals surface area (Å²) in [6, 6.07) is 58.0. The first-order valence-corrected chi connectivity index (χ1v) is 17.2. The molecule has 0 saturated carbocycles. The first-order chi connectivity index (χ1) is 25.3. The lowest BCUT2D eigenvalue weighted by Gasteiger charge is -2.27. The summed E-state index contributed by atoms with van der Waals surface area (Å²) in [4.78, 5) is 7.01. The van der Waals surface area contributed by atoms with Gasteiger partial charge in [-0.15, -0.1) is 0 Å². The van der Waals surface area contributed by atoms with Crippen molar-refractivity contribution in [3.8, 4) is 11.1 Å². The Labute approximate surface area is 292 Å². The van der Waals surface area contributed by atoms with E-state index in [1.165, 1.54) is 16.3 Å². The SMILES string of the molecule is c1cc(-c2cccc3ccccc23)cc(N(c2ccc3c(ccc4ccc5c6ncccc6oc5c43)c2)c2cccc3oc4ccccc4c23)c1. The van der Waals surface area contributed by atoms with Gasteiger partial charge in [-0.2, -0.15) is 0 Å². The predicted octanol–water partition coefficient (Wildman–Crippen LogP) is 13.5. The zero-order chi connectivity index (χ0) is 33.5. The van der Waals surface area contributed by atoms with E-state index < -0.39 is 0 Å². The number of fused-ring (bicyclic) bond motifs is 11. The average Bonchev–Trinajstić information content (AvgIpc) is 3.77. The standard InChI is InChI=1S/C47H28N2O2/c1-2-13-35-29(9-1)10-6-15-36(35)31-11-5-12-33(27-31)49(40-16-7-18-42-45(40)38-14-3-4-17-41(38)50-42)34-23-25-37-32(28-34)21-20-30-22-24-39-46-43(19-8-26-48-46)51-47(39)44(30)37/h1-28H. The van der Waals surface area contributed by atoms with Crippen molar-refractivity contribution < 1.29 is 8.83 Å². The van der Waals surface area contributed by atoms with Crippen molar-refractivity contribution in [3.63, 3.8) is 0 Å². The minimum Gasteiger partial charge on any atom is -0.456 e. The van der Waals surface area contributed by atoms with Gasteiger partial charge in [0.1, 0.15) is 22.3 Å². The summed E-state index contributed by atoms with van der Waals surface area (Å²) < 4.78 is 12.9. The molecule has 0 bridgehead atoms. The topological polar surface area (TPSA) is 42.4 Å². The molecule has 238 valence electrons. The second kappa shape index (κ2) is 10.8. The van der Waals surface area contributed by atoms with E-state index in [9.17, 15) is 0 Å². The van der Waals surface area contributed by atoms with E-state index in [0.29, 0.717) is 0 Å². The number of pyridine rings is 1. The molecule has 0 unspecified atom stereocenters. The lowest BCUT2D eigenvalue weighted by molar-refractivity contribution is 0.669. The number of furan rings is 2. The first kappa shape index (κ1) is 28.0. The van der Waals surface area contributed by atoms with Crippen LogP contribution in [0.1, 0.15) is 0 Å². The monoisotopic (exact) mass is 652 g/mol. The Morgan fingerprint density at radius 2 is 1.18 bits per heavy atom. The number of hydrogen-bond acceptors (Lipinski definition) is 4.